The van der Waals surface area contributed by atoms with Crippen LogP contribution < -0.4 is 0 Å². The van der Waals surface area contributed by atoms with Crippen LogP contribution in [0.3, 0.4) is 0 Å². The van der Waals surface area contributed by atoms with Crippen LogP contribution in [0.15, 0.2) is 108 Å². The van der Waals surface area contributed by atoms with E-state index < -0.39 is 0 Å². The quantitative estimate of drug-likeness (QED) is 0.254. The van der Waals surface area contributed by atoms with E-state index in [0.29, 0.717) is 0 Å². The van der Waals surface area contributed by atoms with Crippen molar-refractivity contribution in [1.29, 1.82) is 0 Å². The molecule has 0 saturated carbocycles. The van der Waals surface area contributed by atoms with Crippen molar-refractivity contribution in [2.45, 2.75) is 0 Å². The summed E-state index contributed by atoms with van der Waals surface area (Å²) >= 11 is 0. The average Bonchev–Trinajstić information content (AvgIpc) is 3.51. The molecule has 0 spiro atoms. The molecule has 0 atom stereocenters. The first-order valence-corrected chi connectivity index (χ1v) is 11.6. The lowest BCUT2D eigenvalue weighted by Crippen LogP contribution is -1.92. The van der Waals surface area contributed by atoms with Crippen LogP contribution in [0.1, 0.15) is 0 Å². The van der Waals surface area contributed by atoms with Crippen molar-refractivity contribution in [3.05, 3.63) is 103 Å². The second-order valence-corrected chi connectivity index (χ2v) is 9.07. The molecule has 3 heteroatoms. The van der Waals surface area contributed by atoms with E-state index >= 15 is 0 Å². The summed E-state index contributed by atoms with van der Waals surface area (Å²) in [7, 11) is 2.13. The average molecular weight is 437 g/mol. The smallest absolute Gasteiger partial charge is 0.145 e. The normalized spacial score (nSPS) is 12.3. The Bertz CT molecular complexity index is 2070. The van der Waals surface area contributed by atoms with Gasteiger partial charge in [0, 0.05) is 45.2 Å². The summed E-state index contributed by atoms with van der Waals surface area (Å²) in [4.78, 5) is 0. The van der Waals surface area contributed by atoms with Gasteiger partial charge in [-0.05, 0) is 48.5 Å². The predicted molar refractivity (Wildman–Crippen MR) is 142 cm³/mol. The number of nitrogens with zero attached hydrogens (tertiary/aromatic N) is 2. The highest BCUT2D eigenvalue weighted by Gasteiger charge is 2.19. The molecule has 8 rings (SSSR count). The van der Waals surface area contributed by atoms with E-state index in [1.54, 1.807) is 0 Å². The van der Waals surface area contributed by atoms with Gasteiger partial charge in [0.15, 0.2) is 0 Å². The number of aryl methyl sites for hydroxylation is 1. The van der Waals surface area contributed by atoms with Crippen LogP contribution in [-0.4, -0.2) is 9.13 Å². The summed E-state index contributed by atoms with van der Waals surface area (Å²) in [5.74, 6) is 0. The Morgan fingerprint density at radius 1 is 0.529 bits per heavy atom. The molecule has 3 heterocycles. The van der Waals surface area contributed by atoms with Gasteiger partial charge in [0.25, 0.3) is 0 Å². The molecular formula is C31H20N2O. The fraction of sp³-hybridized carbons (Fsp3) is 0.0323. The summed E-state index contributed by atoms with van der Waals surface area (Å²) in [6.45, 7) is 0. The monoisotopic (exact) mass is 436 g/mol. The zero-order chi connectivity index (χ0) is 22.4. The van der Waals surface area contributed by atoms with Crippen molar-refractivity contribution in [3.8, 4) is 5.69 Å². The molecule has 0 radical (unpaired) electrons. The molecule has 0 saturated heterocycles. The molecule has 3 aromatic heterocycles. The van der Waals surface area contributed by atoms with Gasteiger partial charge in [-0.2, -0.15) is 0 Å². The maximum atomic E-state index is 6.64. The lowest BCUT2D eigenvalue weighted by molar-refractivity contribution is 0.673. The molecule has 0 aliphatic rings. The molecule has 0 aliphatic carbocycles. The van der Waals surface area contributed by atoms with Crippen LogP contribution in [0, 0.1) is 0 Å². The molecule has 0 bridgehead atoms. The standard InChI is InChI=1S/C31H20N2O/c1-32-25-13-7-6-12-22(25)30-27(32)16-15-21-24-17-28-23(18-29(24)34-31(21)30)20-11-5-8-14-26(20)33(28)19-9-3-2-4-10-19/h2-18H,1H3. The Morgan fingerprint density at radius 3 is 2.12 bits per heavy atom. The van der Waals surface area contributed by atoms with Crippen LogP contribution in [0.2, 0.25) is 0 Å². The van der Waals surface area contributed by atoms with Crippen molar-refractivity contribution in [1.82, 2.24) is 9.13 Å². The van der Waals surface area contributed by atoms with Crippen molar-refractivity contribution >= 4 is 65.6 Å². The Hall–Kier alpha value is -4.50. The molecule has 3 nitrogen and oxygen atoms in total. The lowest BCUT2D eigenvalue weighted by atomic mass is 10.1. The molecule has 0 fully saturated rings. The summed E-state index contributed by atoms with van der Waals surface area (Å²) in [5, 5.41) is 7.17. The van der Waals surface area contributed by atoms with E-state index in [0.717, 1.165) is 27.6 Å². The molecule has 8 aromatic rings. The summed E-state index contributed by atoms with van der Waals surface area (Å²) in [6.07, 6.45) is 0. The van der Waals surface area contributed by atoms with Crippen LogP contribution >= 0.6 is 0 Å². The first kappa shape index (κ1) is 18.0. The number of hydrogen-bond donors (Lipinski definition) is 0. The number of rotatable bonds is 1. The molecule has 0 aliphatic heterocycles. The molecule has 0 N–H and O–H groups in total. The molecule has 0 unspecified atom stereocenters. The Labute approximate surface area is 195 Å². The maximum Gasteiger partial charge on any atom is 0.145 e. The highest BCUT2D eigenvalue weighted by molar-refractivity contribution is 6.25. The molecular weight excluding hydrogens is 416 g/mol. The fourth-order valence-corrected chi connectivity index (χ4v) is 5.79. The van der Waals surface area contributed by atoms with Gasteiger partial charge in [0.05, 0.1) is 21.9 Å². The van der Waals surface area contributed by atoms with Gasteiger partial charge in [0.1, 0.15) is 11.2 Å². The number of furan rings is 1. The highest BCUT2D eigenvalue weighted by atomic mass is 16.3. The van der Waals surface area contributed by atoms with Crippen LogP contribution in [0.25, 0.3) is 71.2 Å². The highest BCUT2D eigenvalue weighted by Crippen LogP contribution is 2.42. The minimum Gasteiger partial charge on any atom is -0.455 e. The molecule has 5 aromatic carbocycles. The van der Waals surface area contributed by atoms with Crippen molar-refractivity contribution in [2.24, 2.45) is 7.05 Å². The zero-order valence-corrected chi connectivity index (χ0v) is 18.6. The van der Waals surface area contributed by atoms with Crippen molar-refractivity contribution < 1.29 is 4.42 Å². The Morgan fingerprint density at radius 2 is 1.26 bits per heavy atom. The van der Waals surface area contributed by atoms with Crippen LogP contribution in [0.4, 0.5) is 0 Å². The Balaban J connectivity index is 1.57. The van der Waals surface area contributed by atoms with E-state index in [1.807, 2.05) is 0 Å². The van der Waals surface area contributed by atoms with E-state index in [-0.39, 0.29) is 0 Å². The number of benzene rings is 5. The topological polar surface area (TPSA) is 23.0 Å². The largest absolute Gasteiger partial charge is 0.455 e. The van der Waals surface area contributed by atoms with Gasteiger partial charge >= 0.3 is 0 Å². The van der Waals surface area contributed by atoms with Gasteiger partial charge in [-0.15, -0.1) is 0 Å². The summed E-state index contributed by atoms with van der Waals surface area (Å²) in [6, 6.07) is 36.7. The van der Waals surface area contributed by atoms with Crippen molar-refractivity contribution in [2.75, 3.05) is 0 Å². The Kier molecular flexibility index (Phi) is 3.33. The number of hydrogen-bond acceptors (Lipinski definition) is 1. The minimum atomic E-state index is 0.930. The van der Waals surface area contributed by atoms with Gasteiger partial charge in [-0.1, -0.05) is 54.6 Å². The number of aromatic nitrogens is 2. The molecule has 160 valence electrons. The van der Waals surface area contributed by atoms with E-state index in [1.165, 1.54) is 43.6 Å². The van der Waals surface area contributed by atoms with E-state index in [2.05, 4.69) is 119 Å². The first-order valence-electron chi connectivity index (χ1n) is 11.6. The van der Waals surface area contributed by atoms with Gasteiger partial charge in [-0.25, -0.2) is 0 Å². The van der Waals surface area contributed by atoms with Crippen LogP contribution in [0.5, 0.6) is 0 Å². The van der Waals surface area contributed by atoms with Gasteiger partial charge in [-0.3, -0.25) is 0 Å². The fourth-order valence-electron chi connectivity index (χ4n) is 5.79. The number of fused-ring (bicyclic) bond motifs is 10. The second kappa shape index (κ2) is 6.30. The summed E-state index contributed by atoms with van der Waals surface area (Å²) < 4.78 is 11.3. The molecule has 34 heavy (non-hydrogen) atoms. The van der Waals surface area contributed by atoms with Crippen molar-refractivity contribution in [3.63, 3.8) is 0 Å². The van der Waals surface area contributed by atoms with Gasteiger partial charge < -0.3 is 13.6 Å². The molecule has 0 amide bonds. The van der Waals surface area contributed by atoms with E-state index in [4.69, 9.17) is 4.42 Å². The van der Waals surface area contributed by atoms with E-state index in [9.17, 15) is 0 Å². The third-order valence-electron chi connectivity index (χ3n) is 7.32. The maximum absolute atomic E-state index is 6.64. The minimum absolute atomic E-state index is 0.930. The zero-order valence-electron chi connectivity index (χ0n) is 18.6. The predicted octanol–water partition coefficient (Wildman–Crippen LogP) is 8.33. The summed E-state index contributed by atoms with van der Waals surface area (Å²) in [5.41, 5.74) is 7.87. The SMILES string of the molecule is Cn1c2ccccc2c2c3oc4cc5c6ccccc6n(-c6ccccc6)c5cc4c3ccc21. The van der Waals surface area contributed by atoms with Gasteiger partial charge in [0.2, 0.25) is 0 Å². The number of para-hydroxylation sites is 3. The third-order valence-corrected chi connectivity index (χ3v) is 7.32. The second-order valence-electron chi connectivity index (χ2n) is 9.07. The third kappa shape index (κ3) is 2.16. The lowest BCUT2D eigenvalue weighted by Gasteiger charge is -2.07. The first-order chi connectivity index (χ1) is 16.8. The van der Waals surface area contributed by atoms with Crippen LogP contribution in [-0.2, 0) is 7.05 Å².